The van der Waals surface area contributed by atoms with Crippen LogP contribution in [0.3, 0.4) is 0 Å². The van der Waals surface area contributed by atoms with E-state index in [1.54, 1.807) is 6.07 Å². The smallest absolute Gasteiger partial charge is 0.120 e. The molecule has 3 unspecified atom stereocenters. The summed E-state index contributed by atoms with van der Waals surface area (Å²) in [7, 11) is 0. The number of rotatable bonds is 3. The molecule has 1 aromatic rings. The largest absolute Gasteiger partial charge is 0.508 e. The van der Waals surface area contributed by atoms with Gasteiger partial charge in [-0.2, -0.15) is 0 Å². The van der Waals surface area contributed by atoms with E-state index in [9.17, 15) is 10.2 Å². The summed E-state index contributed by atoms with van der Waals surface area (Å²) in [5.74, 6) is 0.315. The maximum Gasteiger partial charge on any atom is 0.120 e. The number of phenols is 1. The van der Waals surface area contributed by atoms with Crippen molar-refractivity contribution >= 4 is 0 Å². The summed E-state index contributed by atoms with van der Waals surface area (Å²) in [6.07, 6.45) is 2.73. The van der Waals surface area contributed by atoms with Gasteiger partial charge in [-0.1, -0.05) is 18.2 Å². The van der Waals surface area contributed by atoms with Crippen molar-refractivity contribution in [3.05, 3.63) is 29.8 Å². The van der Waals surface area contributed by atoms with E-state index < -0.39 is 0 Å². The molecule has 3 atom stereocenters. The maximum atomic E-state index is 9.73. The Labute approximate surface area is 96.1 Å². The zero-order valence-corrected chi connectivity index (χ0v) is 9.56. The zero-order valence-electron chi connectivity index (χ0n) is 9.56. The van der Waals surface area contributed by atoms with Gasteiger partial charge in [0.1, 0.15) is 5.75 Å². The van der Waals surface area contributed by atoms with E-state index in [2.05, 4.69) is 5.32 Å². The molecule has 88 valence electrons. The van der Waals surface area contributed by atoms with Gasteiger partial charge in [0, 0.05) is 17.6 Å². The van der Waals surface area contributed by atoms with Crippen molar-refractivity contribution in [2.75, 3.05) is 0 Å². The molecule has 0 heterocycles. The van der Waals surface area contributed by atoms with E-state index in [1.165, 1.54) is 0 Å². The minimum atomic E-state index is -0.242. The van der Waals surface area contributed by atoms with Crippen LogP contribution in [0.15, 0.2) is 24.3 Å². The second-order valence-electron chi connectivity index (χ2n) is 4.55. The lowest BCUT2D eigenvalue weighted by atomic mass is 10.1. The molecule has 0 aliphatic heterocycles. The Hall–Kier alpha value is -1.06. The van der Waals surface area contributed by atoms with Gasteiger partial charge in [-0.15, -0.1) is 0 Å². The summed E-state index contributed by atoms with van der Waals surface area (Å²) in [4.78, 5) is 0. The molecule has 3 heteroatoms. The van der Waals surface area contributed by atoms with Crippen LogP contribution < -0.4 is 5.32 Å². The van der Waals surface area contributed by atoms with Crippen molar-refractivity contribution in [1.29, 1.82) is 0 Å². The summed E-state index contributed by atoms with van der Waals surface area (Å²) < 4.78 is 0. The van der Waals surface area contributed by atoms with Gasteiger partial charge in [0.2, 0.25) is 0 Å². The van der Waals surface area contributed by atoms with E-state index in [-0.39, 0.29) is 18.2 Å². The highest BCUT2D eigenvalue weighted by Gasteiger charge is 2.26. The number of hydrogen-bond acceptors (Lipinski definition) is 3. The highest BCUT2D eigenvalue weighted by atomic mass is 16.3. The van der Waals surface area contributed by atoms with E-state index in [1.807, 2.05) is 25.1 Å². The Morgan fingerprint density at radius 1 is 1.31 bits per heavy atom. The Bertz CT molecular complexity index is 354. The molecule has 1 fully saturated rings. The molecule has 2 rings (SSSR count). The minimum Gasteiger partial charge on any atom is -0.508 e. The molecule has 0 spiro atoms. The first-order valence-electron chi connectivity index (χ1n) is 5.90. The topological polar surface area (TPSA) is 52.5 Å². The highest BCUT2D eigenvalue weighted by Crippen LogP contribution is 2.26. The van der Waals surface area contributed by atoms with Gasteiger partial charge in [-0.25, -0.2) is 0 Å². The Morgan fingerprint density at radius 3 is 2.69 bits per heavy atom. The van der Waals surface area contributed by atoms with E-state index in [0.29, 0.717) is 5.75 Å². The van der Waals surface area contributed by atoms with Gasteiger partial charge in [0.05, 0.1) is 6.10 Å². The van der Waals surface area contributed by atoms with Crippen LogP contribution in [-0.2, 0) is 0 Å². The second kappa shape index (κ2) is 4.85. The van der Waals surface area contributed by atoms with Crippen molar-refractivity contribution in [3.63, 3.8) is 0 Å². The molecule has 1 aliphatic carbocycles. The van der Waals surface area contributed by atoms with Crippen LogP contribution in [-0.4, -0.2) is 22.4 Å². The molecule has 1 aliphatic rings. The molecule has 3 nitrogen and oxygen atoms in total. The Kier molecular flexibility index (Phi) is 3.46. The van der Waals surface area contributed by atoms with Crippen LogP contribution >= 0.6 is 0 Å². The van der Waals surface area contributed by atoms with Gasteiger partial charge in [-0.3, -0.25) is 0 Å². The average Bonchev–Trinajstić information content (AvgIpc) is 2.65. The lowest BCUT2D eigenvalue weighted by Crippen LogP contribution is -2.37. The van der Waals surface area contributed by atoms with Crippen LogP contribution in [0.4, 0.5) is 0 Å². The number of phenolic OH excluding ortho intramolecular Hbond substituents is 1. The quantitative estimate of drug-likeness (QED) is 0.731. The van der Waals surface area contributed by atoms with Gasteiger partial charge < -0.3 is 15.5 Å². The Balaban J connectivity index is 2.03. The highest BCUT2D eigenvalue weighted by molar-refractivity contribution is 5.34. The van der Waals surface area contributed by atoms with Crippen LogP contribution in [0.25, 0.3) is 0 Å². The van der Waals surface area contributed by atoms with Gasteiger partial charge >= 0.3 is 0 Å². The summed E-state index contributed by atoms with van der Waals surface area (Å²) in [5, 5.41) is 22.8. The normalized spacial score (nSPS) is 26.9. The van der Waals surface area contributed by atoms with Gasteiger partial charge in [0.15, 0.2) is 0 Å². The SMILES string of the molecule is CC(NC1CCCC1O)c1ccccc1O. The third-order valence-corrected chi connectivity index (χ3v) is 3.35. The van der Waals surface area contributed by atoms with Crippen LogP contribution in [0.2, 0.25) is 0 Å². The number of hydrogen-bond donors (Lipinski definition) is 3. The van der Waals surface area contributed by atoms with E-state index in [4.69, 9.17) is 0 Å². The van der Waals surface area contributed by atoms with E-state index in [0.717, 1.165) is 24.8 Å². The van der Waals surface area contributed by atoms with Crippen LogP contribution in [0.1, 0.15) is 37.8 Å². The number of nitrogens with one attached hydrogen (secondary N) is 1. The maximum absolute atomic E-state index is 9.73. The van der Waals surface area contributed by atoms with Crippen molar-refractivity contribution in [1.82, 2.24) is 5.32 Å². The fourth-order valence-corrected chi connectivity index (χ4v) is 2.40. The van der Waals surface area contributed by atoms with Crippen LogP contribution in [0, 0.1) is 0 Å². The molecule has 0 amide bonds. The molecule has 1 aromatic carbocycles. The van der Waals surface area contributed by atoms with Crippen molar-refractivity contribution in [2.24, 2.45) is 0 Å². The standard InChI is InChI=1S/C13H19NO2/c1-9(10-5-2-3-7-12(10)15)14-11-6-4-8-13(11)16/h2-3,5,7,9,11,13-16H,4,6,8H2,1H3. The van der Waals surface area contributed by atoms with Gasteiger partial charge in [0.25, 0.3) is 0 Å². The first-order valence-corrected chi connectivity index (χ1v) is 5.90. The number of para-hydroxylation sites is 1. The first kappa shape index (κ1) is 11.4. The monoisotopic (exact) mass is 221 g/mol. The summed E-state index contributed by atoms with van der Waals surface area (Å²) >= 11 is 0. The molecule has 0 saturated heterocycles. The lowest BCUT2D eigenvalue weighted by molar-refractivity contribution is 0.144. The number of aliphatic hydroxyl groups excluding tert-OH is 1. The van der Waals surface area contributed by atoms with Crippen molar-refractivity contribution in [3.8, 4) is 5.75 Å². The minimum absolute atomic E-state index is 0.0685. The number of aromatic hydroxyl groups is 1. The molecule has 0 aromatic heterocycles. The molecule has 0 radical (unpaired) electrons. The second-order valence-corrected chi connectivity index (χ2v) is 4.55. The predicted molar refractivity (Wildman–Crippen MR) is 63.3 cm³/mol. The first-order chi connectivity index (χ1) is 7.68. The average molecular weight is 221 g/mol. The number of aliphatic hydroxyl groups is 1. The fourth-order valence-electron chi connectivity index (χ4n) is 2.40. The molecule has 1 saturated carbocycles. The van der Waals surface area contributed by atoms with Crippen molar-refractivity contribution in [2.45, 2.75) is 44.4 Å². The van der Waals surface area contributed by atoms with Crippen LogP contribution in [0.5, 0.6) is 5.75 Å². The van der Waals surface area contributed by atoms with Crippen molar-refractivity contribution < 1.29 is 10.2 Å². The fraction of sp³-hybridized carbons (Fsp3) is 0.538. The summed E-state index contributed by atoms with van der Waals surface area (Å²) in [6, 6.07) is 7.56. The molecular weight excluding hydrogens is 202 g/mol. The summed E-state index contributed by atoms with van der Waals surface area (Å²) in [5.41, 5.74) is 0.890. The Morgan fingerprint density at radius 2 is 2.06 bits per heavy atom. The predicted octanol–water partition coefficient (Wildman–Crippen LogP) is 1.96. The molecular formula is C13H19NO2. The van der Waals surface area contributed by atoms with E-state index >= 15 is 0 Å². The molecule has 16 heavy (non-hydrogen) atoms. The lowest BCUT2D eigenvalue weighted by Gasteiger charge is -2.22. The molecule has 0 bridgehead atoms. The molecule has 3 N–H and O–H groups in total. The van der Waals surface area contributed by atoms with Gasteiger partial charge in [-0.05, 0) is 32.3 Å². The third-order valence-electron chi connectivity index (χ3n) is 3.35. The summed E-state index contributed by atoms with van der Waals surface area (Å²) in [6.45, 7) is 2.01. The third kappa shape index (κ3) is 2.36. The zero-order chi connectivity index (χ0) is 11.5. The number of benzene rings is 1.